The van der Waals surface area contributed by atoms with Crippen LogP contribution in [0.25, 0.3) is 0 Å². The Hall–Kier alpha value is -2.60. The van der Waals surface area contributed by atoms with Gasteiger partial charge in [-0.05, 0) is 24.3 Å². The summed E-state index contributed by atoms with van der Waals surface area (Å²) < 4.78 is 5.17. The second kappa shape index (κ2) is 8.14. The lowest BCUT2D eigenvalue weighted by molar-refractivity contribution is -0.885. The molecule has 122 valence electrons. The van der Waals surface area contributed by atoms with Gasteiger partial charge in [-0.2, -0.15) is 0 Å². The Bertz CT molecular complexity index is 636. The first-order chi connectivity index (χ1) is 11.1. The zero-order valence-electron chi connectivity index (χ0n) is 13.4. The largest absolute Gasteiger partial charge is 0.467 e. The first kappa shape index (κ1) is 16.8. The van der Waals surface area contributed by atoms with Crippen molar-refractivity contribution in [2.24, 2.45) is 0 Å². The van der Waals surface area contributed by atoms with Gasteiger partial charge >= 0.3 is 0 Å². The molecule has 0 aliphatic rings. The molecule has 0 fully saturated rings. The third-order valence-corrected chi connectivity index (χ3v) is 3.45. The van der Waals surface area contributed by atoms with Gasteiger partial charge in [-0.1, -0.05) is 12.1 Å². The molecule has 1 unspecified atom stereocenters. The number of carbonyl (C=O) groups is 2. The number of nitrogens with one attached hydrogen (secondary N) is 3. The van der Waals surface area contributed by atoms with Crippen LogP contribution >= 0.6 is 0 Å². The van der Waals surface area contributed by atoms with Crippen LogP contribution in [0, 0.1) is 0 Å². The van der Waals surface area contributed by atoms with E-state index in [1.165, 1.54) is 0 Å². The third kappa shape index (κ3) is 5.27. The normalized spacial score (nSPS) is 11.7. The van der Waals surface area contributed by atoms with Crippen LogP contribution in [0.1, 0.15) is 21.7 Å². The van der Waals surface area contributed by atoms with Crippen molar-refractivity contribution in [2.45, 2.75) is 13.1 Å². The van der Waals surface area contributed by atoms with Crippen molar-refractivity contribution in [1.82, 2.24) is 10.6 Å². The lowest BCUT2D eigenvalue weighted by Gasteiger charge is -2.14. The molecule has 6 heteroatoms. The molecule has 1 atom stereocenters. The number of likely N-dealkylation sites (N-methyl/N-ethyl adjacent to an activating group) is 1. The van der Waals surface area contributed by atoms with Crippen LogP contribution in [0.15, 0.2) is 47.1 Å². The molecule has 0 saturated heterocycles. The molecule has 1 heterocycles. The highest BCUT2D eigenvalue weighted by Gasteiger charge is 2.11. The fourth-order valence-corrected chi connectivity index (χ4v) is 2.26. The Morgan fingerprint density at radius 3 is 2.52 bits per heavy atom. The second-order valence-corrected chi connectivity index (χ2v) is 5.44. The van der Waals surface area contributed by atoms with Gasteiger partial charge in [0.2, 0.25) is 0 Å². The van der Waals surface area contributed by atoms with Crippen LogP contribution in [0.4, 0.5) is 0 Å². The van der Waals surface area contributed by atoms with Crippen LogP contribution in [-0.4, -0.2) is 32.5 Å². The van der Waals surface area contributed by atoms with Gasteiger partial charge in [0.15, 0.2) is 6.54 Å². The van der Waals surface area contributed by atoms with Gasteiger partial charge in [0.25, 0.3) is 11.8 Å². The smallest absolute Gasteiger partial charge is 0.275 e. The van der Waals surface area contributed by atoms with E-state index in [0.717, 1.165) is 16.2 Å². The van der Waals surface area contributed by atoms with Gasteiger partial charge in [-0.3, -0.25) is 9.59 Å². The number of carbonyl (C=O) groups excluding carboxylic acids is 2. The highest BCUT2D eigenvalue weighted by Crippen LogP contribution is 2.03. The van der Waals surface area contributed by atoms with E-state index >= 15 is 0 Å². The number of furan rings is 1. The summed E-state index contributed by atoms with van der Waals surface area (Å²) in [7, 11) is 3.56. The highest BCUT2D eigenvalue weighted by molar-refractivity contribution is 5.93. The Morgan fingerprint density at radius 1 is 1.17 bits per heavy atom. The molecular weight excluding hydrogens is 294 g/mol. The molecule has 0 aliphatic carbocycles. The summed E-state index contributed by atoms with van der Waals surface area (Å²) in [4.78, 5) is 24.4. The molecule has 2 aromatic rings. The maximum atomic E-state index is 11.9. The van der Waals surface area contributed by atoms with Gasteiger partial charge in [0.1, 0.15) is 12.3 Å². The minimum absolute atomic E-state index is 0.0270. The van der Waals surface area contributed by atoms with E-state index in [9.17, 15) is 9.59 Å². The van der Waals surface area contributed by atoms with Crippen LogP contribution in [0.5, 0.6) is 0 Å². The van der Waals surface area contributed by atoms with Crippen LogP contribution in [-0.2, 0) is 17.9 Å². The van der Waals surface area contributed by atoms with Gasteiger partial charge in [0.05, 0.1) is 19.9 Å². The molecule has 0 radical (unpaired) electrons. The highest BCUT2D eigenvalue weighted by atomic mass is 16.3. The lowest BCUT2D eigenvalue weighted by Crippen LogP contribution is -3.08. The first-order valence-corrected chi connectivity index (χ1v) is 7.50. The zero-order valence-corrected chi connectivity index (χ0v) is 13.4. The fourth-order valence-electron chi connectivity index (χ4n) is 2.26. The minimum atomic E-state index is -0.102. The predicted octanol–water partition coefficient (Wildman–Crippen LogP) is -0.0297. The van der Waals surface area contributed by atoms with E-state index in [-0.39, 0.29) is 11.8 Å². The quantitative estimate of drug-likeness (QED) is 0.671. The summed E-state index contributed by atoms with van der Waals surface area (Å²) >= 11 is 0. The van der Waals surface area contributed by atoms with E-state index in [2.05, 4.69) is 10.6 Å². The van der Waals surface area contributed by atoms with Crippen molar-refractivity contribution >= 4 is 11.8 Å². The molecule has 3 N–H and O–H groups in total. The number of amides is 2. The molecule has 1 aromatic heterocycles. The number of rotatable bonds is 7. The lowest BCUT2D eigenvalue weighted by atomic mass is 10.1. The van der Waals surface area contributed by atoms with E-state index in [0.29, 0.717) is 25.2 Å². The number of quaternary nitrogens is 1. The van der Waals surface area contributed by atoms with Gasteiger partial charge in [-0.25, -0.2) is 0 Å². The van der Waals surface area contributed by atoms with Crippen molar-refractivity contribution in [2.75, 3.05) is 20.6 Å². The summed E-state index contributed by atoms with van der Waals surface area (Å²) in [5.41, 5.74) is 1.71. The van der Waals surface area contributed by atoms with Crippen molar-refractivity contribution in [1.29, 1.82) is 0 Å². The summed E-state index contributed by atoms with van der Waals surface area (Å²) in [5.74, 6) is 0.608. The molecule has 23 heavy (non-hydrogen) atoms. The van der Waals surface area contributed by atoms with Crippen molar-refractivity contribution < 1.29 is 18.9 Å². The number of hydrogen-bond donors (Lipinski definition) is 3. The van der Waals surface area contributed by atoms with Crippen molar-refractivity contribution in [3.05, 3.63) is 59.5 Å². The van der Waals surface area contributed by atoms with E-state index in [1.54, 1.807) is 31.5 Å². The van der Waals surface area contributed by atoms with E-state index < -0.39 is 0 Å². The Labute approximate surface area is 135 Å². The third-order valence-electron chi connectivity index (χ3n) is 3.45. The molecule has 2 rings (SSSR count). The first-order valence-electron chi connectivity index (χ1n) is 7.50. The molecule has 6 nitrogen and oxygen atoms in total. The molecule has 0 bridgehead atoms. The molecule has 1 aromatic carbocycles. The predicted molar refractivity (Wildman–Crippen MR) is 85.8 cm³/mol. The van der Waals surface area contributed by atoms with E-state index in [4.69, 9.17) is 4.42 Å². The van der Waals surface area contributed by atoms with Gasteiger partial charge < -0.3 is 20.0 Å². The number of hydrogen-bond acceptors (Lipinski definition) is 3. The Balaban J connectivity index is 1.78. The Kier molecular flexibility index (Phi) is 5.94. The van der Waals surface area contributed by atoms with Gasteiger partial charge in [0, 0.05) is 18.2 Å². The summed E-state index contributed by atoms with van der Waals surface area (Å²) in [6, 6.07) is 11.0. The van der Waals surface area contributed by atoms with Crippen molar-refractivity contribution in [3.63, 3.8) is 0 Å². The topological polar surface area (TPSA) is 75.8 Å². The standard InChI is InChI=1S/C17H21N3O3/c1-18-17(22)14-7-5-13(6-8-14)11-20(2)12-16(21)19-10-15-4-3-9-23-15/h3-9H,10-12H2,1-2H3,(H,18,22)(H,19,21)/p+1. The molecule has 0 spiro atoms. The molecular formula is C17H22N3O3+. The van der Waals surface area contributed by atoms with Crippen LogP contribution < -0.4 is 15.5 Å². The summed E-state index contributed by atoms with van der Waals surface area (Å²) in [6.07, 6.45) is 1.58. The SMILES string of the molecule is CNC(=O)c1ccc(C[NH+](C)CC(=O)NCc2ccco2)cc1. The average Bonchev–Trinajstić information content (AvgIpc) is 3.06. The number of benzene rings is 1. The van der Waals surface area contributed by atoms with Crippen LogP contribution in [0.2, 0.25) is 0 Å². The minimum Gasteiger partial charge on any atom is -0.467 e. The maximum Gasteiger partial charge on any atom is 0.275 e. The summed E-state index contributed by atoms with van der Waals surface area (Å²) in [5, 5.41) is 5.42. The molecule has 0 aliphatic heterocycles. The maximum absolute atomic E-state index is 11.9. The van der Waals surface area contributed by atoms with Crippen LogP contribution in [0.3, 0.4) is 0 Å². The molecule has 0 saturated carbocycles. The second-order valence-electron chi connectivity index (χ2n) is 5.44. The van der Waals surface area contributed by atoms with E-state index in [1.807, 2.05) is 25.2 Å². The van der Waals surface area contributed by atoms with Gasteiger partial charge in [-0.15, -0.1) is 0 Å². The summed E-state index contributed by atoms with van der Waals surface area (Å²) in [6.45, 7) is 1.49. The Morgan fingerprint density at radius 2 is 1.91 bits per heavy atom. The zero-order chi connectivity index (χ0) is 16.7. The van der Waals surface area contributed by atoms with Crippen molar-refractivity contribution in [3.8, 4) is 0 Å². The molecule has 2 amide bonds. The monoisotopic (exact) mass is 316 g/mol. The average molecular weight is 316 g/mol. The fraction of sp³-hybridized carbons (Fsp3) is 0.294.